The van der Waals surface area contributed by atoms with E-state index in [0.717, 1.165) is 31.3 Å². The van der Waals surface area contributed by atoms with Crippen molar-refractivity contribution in [2.75, 3.05) is 13.1 Å². The Kier molecular flexibility index (Phi) is 2.60. The molecule has 0 unspecified atom stereocenters. The van der Waals surface area contributed by atoms with Crippen LogP contribution in [0, 0.1) is 11.3 Å². The average Bonchev–Trinajstić information content (AvgIpc) is 2.99. The summed E-state index contributed by atoms with van der Waals surface area (Å²) in [7, 11) is 0. The van der Waals surface area contributed by atoms with Gasteiger partial charge in [-0.3, -0.25) is 9.58 Å². The standard InChI is InChI=1S/C14H15N5O/c15-3-10-4-17-19(6-10)12-7-18(8-12)9-14-16-5-13(20-14)11-1-2-11/h4-6,11-12H,1-2,7-9H2. The number of nitriles is 1. The van der Waals surface area contributed by atoms with E-state index in [9.17, 15) is 0 Å². The SMILES string of the molecule is N#Cc1cnn(C2CN(Cc3ncc(C4CC4)o3)C2)c1. The highest BCUT2D eigenvalue weighted by molar-refractivity contribution is 5.22. The van der Waals surface area contributed by atoms with Crippen LogP contribution in [-0.4, -0.2) is 32.8 Å². The van der Waals surface area contributed by atoms with Gasteiger partial charge in [0.2, 0.25) is 5.89 Å². The van der Waals surface area contributed by atoms with Crippen LogP contribution in [0.2, 0.25) is 0 Å². The monoisotopic (exact) mass is 269 g/mol. The lowest BCUT2D eigenvalue weighted by molar-refractivity contribution is 0.0811. The third kappa shape index (κ3) is 2.10. The Bertz CT molecular complexity index is 657. The van der Waals surface area contributed by atoms with Gasteiger partial charge in [0.05, 0.1) is 30.5 Å². The largest absolute Gasteiger partial charge is 0.444 e. The fourth-order valence-electron chi connectivity index (χ4n) is 2.58. The van der Waals surface area contributed by atoms with E-state index >= 15 is 0 Å². The van der Waals surface area contributed by atoms with Gasteiger partial charge in [0.25, 0.3) is 0 Å². The van der Waals surface area contributed by atoms with Crippen molar-refractivity contribution in [2.24, 2.45) is 0 Å². The van der Waals surface area contributed by atoms with E-state index < -0.39 is 0 Å². The molecule has 0 aromatic carbocycles. The van der Waals surface area contributed by atoms with E-state index in [0.29, 0.717) is 17.5 Å². The summed E-state index contributed by atoms with van der Waals surface area (Å²) in [5.41, 5.74) is 0.616. The van der Waals surface area contributed by atoms with Gasteiger partial charge in [-0.1, -0.05) is 0 Å². The molecule has 1 aliphatic heterocycles. The first-order chi connectivity index (χ1) is 9.81. The Labute approximate surface area is 116 Å². The summed E-state index contributed by atoms with van der Waals surface area (Å²) in [5.74, 6) is 2.47. The molecule has 3 heterocycles. The molecule has 0 bridgehead atoms. The van der Waals surface area contributed by atoms with Gasteiger partial charge in [-0.25, -0.2) is 4.98 Å². The highest BCUT2D eigenvalue weighted by Crippen LogP contribution is 2.40. The van der Waals surface area contributed by atoms with E-state index in [1.165, 1.54) is 12.8 Å². The maximum atomic E-state index is 8.79. The molecule has 6 heteroatoms. The Balaban J connectivity index is 1.33. The Morgan fingerprint density at radius 1 is 1.35 bits per heavy atom. The number of aromatic nitrogens is 3. The fraction of sp³-hybridized carbons (Fsp3) is 0.500. The molecule has 1 saturated heterocycles. The summed E-state index contributed by atoms with van der Waals surface area (Å²) in [6.45, 7) is 2.61. The minimum Gasteiger partial charge on any atom is -0.444 e. The van der Waals surface area contributed by atoms with E-state index in [2.05, 4.69) is 21.1 Å². The topological polar surface area (TPSA) is 70.9 Å². The lowest BCUT2D eigenvalue weighted by Crippen LogP contribution is -2.47. The molecule has 1 aliphatic carbocycles. The summed E-state index contributed by atoms with van der Waals surface area (Å²) in [5, 5.41) is 13.0. The Morgan fingerprint density at radius 2 is 2.20 bits per heavy atom. The first-order valence-corrected chi connectivity index (χ1v) is 6.93. The van der Waals surface area contributed by atoms with Gasteiger partial charge in [-0.05, 0) is 12.8 Å². The van der Waals surface area contributed by atoms with Gasteiger partial charge in [0.1, 0.15) is 11.8 Å². The summed E-state index contributed by atoms with van der Waals surface area (Å²) < 4.78 is 7.63. The van der Waals surface area contributed by atoms with Crippen molar-refractivity contribution in [1.29, 1.82) is 5.26 Å². The number of likely N-dealkylation sites (tertiary alicyclic amines) is 1. The van der Waals surface area contributed by atoms with Crippen molar-refractivity contribution >= 4 is 0 Å². The van der Waals surface area contributed by atoms with Crippen LogP contribution >= 0.6 is 0 Å². The van der Waals surface area contributed by atoms with Crippen LogP contribution in [0.4, 0.5) is 0 Å². The first-order valence-electron chi connectivity index (χ1n) is 6.93. The van der Waals surface area contributed by atoms with Gasteiger partial charge in [0.15, 0.2) is 0 Å². The number of hydrogen-bond donors (Lipinski definition) is 0. The van der Waals surface area contributed by atoms with Gasteiger partial charge in [-0.15, -0.1) is 0 Å². The van der Waals surface area contributed by atoms with E-state index in [1.807, 2.05) is 10.9 Å². The molecular formula is C14H15N5O. The number of nitrogens with zero attached hydrogens (tertiary/aromatic N) is 5. The van der Waals surface area contributed by atoms with Crippen LogP contribution in [0.3, 0.4) is 0 Å². The maximum absolute atomic E-state index is 8.79. The van der Waals surface area contributed by atoms with Crippen molar-refractivity contribution in [1.82, 2.24) is 19.7 Å². The molecule has 0 amide bonds. The molecule has 6 nitrogen and oxygen atoms in total. The van der Waals surface area contributed by atoms with Gasteiger partial charge in [-0.2, -0.15) is 10.4 Å². The van der Waals surface area contributed by atoms with Gasteiger partial charge >= 0.3 is 0 Å². The average molecular weight is 269 g/mol. The number of rotatable bonds is 4. The molecular weight excluding hydrogens is 254 g/mol. The molecule has 0 radical (unpaired) electrons. The van der Waals surface area contributed by atoms with Crippen LogP contribution in [0.15, 0.2) is 23.0 Å². The summed E-state index contributed by atoms with van der Waals surface area (Å²) in [6.07, 6.45) is 7.76. The normalized spacial score (nSPS) is 19.8. The molecule has 0 spiro atoms. The lowest BCUT2D eigenvalue weighted by Gasteiger charge is -2.38. The van der Waals surface area contributed by atoms with Gasteiger partial charge in [0, 0.05) is 25.2 Å². The van der Waals surface area contributed by atoms with Crippen LogP contribution in [-0.2, 0) is 6.54 Å². The number of oxazole rings is 1. The molecule has 102 valence electrons. The van der Waals surface area contributed by atoms with Crippen LogP contribution in [0.25, 0.3) is 0 Å². The minimum atomic E-state index is 0.356. The predicted octanol–water partition coefficient (Wildman–Crippen LogP) is 1.68. The van der Waals surface area contributed by atoms with Crippen molar-refractivity contribution < 1.29 is 4.42 Å². The summed E-state index contributed by atoms with van der Waals surface area (Å²) >= 11 is 0. The zero-order valence-electron chi connectivity index (χ0n) is 11.1. The molecule has 0 N–H and O–H groups in total. The van der Waals surface area contributed by atoms with E-state index in [1.54, 1.807) is 12.4 Å². The molecule has 2 aromatic heterocycles. The fourth-order valence-corrected chi connectivity index (χ4v) is 2.58. The minimum absolute atomic E-state index is 0.356. The van der Waals surface area contributed by atoms with E-state index in [4.69, 9.17) is 9.68 Å². The molecule has 2 aliphatic rings. The first kappa shape index (κ1) is 11.7. The smallest absolute Gasteiger partial charge is 0.208 e. The second-order valence-electron chi connectivity index (χ2n) is 5.60. The molecule has 1 saturated carbocycles. The number of hydrogen-bond acceptors (Lipinski definition) is 5. The third-order valence-electron chi connectivity index (χ3n) is 3.95. The maximum Gasteiger partial charge on any atom is 0.208 e. The van der Waals surface area contributed by atoms with Gasteiger partial charge < -0.3 is 4.42 Å². The zero-order valence-corrected chi connectivity index (χ0v) is 11.1. The highest BCUT2D eigenvalue weighted by Gasteiger charge is 2.31. The highest BCUT2D eigenvalue weighted by atomic mass is 16.4. The van der Waals surface area contributed by atoms with Crippen LogP contribution in [0.5, 0.6) is 0 Å². The lowest BCUT2D eigenvalue weighted by atomic mass is 10.1. The summed E-state index contributed by atoms with van der Waals surface area (Å²) in [4.78, 5) is 6.62. The molecule has 2 aromatic rings. The Hall–Kier alpha value is -2.13. The van der Waals surface area contributed by atoms with Crippen molar-refractivity contribution in [3.8, 4) is 6.07 Å². The van der Waals surface area contributed by atoms with Crippen LogP contribution < -0.4 is 0 Å². The third-order valence-corrected chi connectivity index (χ3v) is 3.95. The molecule has 20 heavy (non-hydrogen) atoms. The molecule has 4 rings (SSSR count). The van der Waals surface area contributed by atoms with Crippen molar-refractivity contribution in [2.45, 2.75) is 31.3 Å². The molecule has 0 atom stereocenters. The second-order valence-corrected chi connectivity index (χ2v) is 5.60. The Morgan fingerprint density at radius 3 is 2.90 bits per heavy atom. The second kappa shape index (κ2) is 4.46. The zero-order chi connectivity index (χ0) is 13.5. The predicted molar refractivity (Wildman–Crippen MR) is 69.7 cm³/mol. The van der Waals surface area contributed by atoms with Crippen LogP contribution in [0.1, 0.15) is 42.0 Å². The summed E-state index contributed by atoms with van der Waals surface area (Å²) in [6, 6.07) is 2.46. The molecule has 2 fully saturated rings. The van der Waals surface area contributed by atoms with Crippen molar-refractivity contribution in [3.05, 3.63) is 35.8 Å². The van der Waals surface area contributed by atoms with E-state index in [-0.39, 0.29) is 0 Å². The van der Waals surface area contributed by atoms with Crippen molar-refractivity contribution in [3.63, 3.8) is 0 Å². The quantitative estimate of drug-likeness (QED) is 0.844.